The zero-order valence-corrected chi connectivity index (χ0v) is 11.4. The second kappa shape index (κ2) is 8.67. The molecule has 4 nitrogen and oxygen atoms in total. The van der Waals surface area contributed by atoms with Crippen LogP contribution in [0, 0.1) is 5.92 Å². The Hall–Kier alpha value is -1.39. The van der Waals surface area contributed by atoms with Crippen molar-refractivity contribution in [3.05, 3.63) is 35.4 Å². The second-order valence-corrected chi connectivity index (χ2v) is 4.73. The van der Waals surface area contributed by atoms with Crippen LogP contribution < -0.4 is 5.32 Å². The van der Waals surface area contributed by atoms with Crippen molar-refractivity contribution in [2.24, 2.45) is 5.92 Å². The lowest BCUT2D eigenvalue weighted by Crippen LogP contribution is -2.29. The topological polar surface area (TPSA) is 69.6 Å². The molecule has 0 aliphatic rings. The molecule has 0 aliphatic carbocycles. The van der Waals surface area contributed by atoms with Crippen LogP contribution in [0.2, 0.25) is 0 Å². The molecular formula is C15H23NO3. The molecule has 1 unspecified atom stereocenters. The van der Waals surface area contributed by atoms with Crippen LogP contribution in [0.1, 0.15) is 42.1 Å². The third-order valence-electron chi connectivity index (χ3n) is 3.18. The van der Waals surface area contributed by atoms with Crippen molar-refractivity contribution >= 4 is 5.91 Å². The molecule has 0 saturated heterocycles. The molecule has 1 atom stereocenters. The fraction of sp³-hybridized carbons (Fsp3) is 0.533. The lowest BCUT2D eigenvalue weighted by molar-refractivity contribution is 0.0943. The Bertz CT molecular complexity index is 369. The van der Waals surface area contributed by atoms with Crippen molar-refractivity contribution in [2.45, 2.75) is 32.8 Å². The van der Waals surface area contributed by atoms with E-state index in [1.807, 2.05) is 0 Å². The molecule has 4 heteroatoms. The van der Waals surface area contributed by atoms with E-state index in [-0.39, 0.29) is 19.1 Å². The number of carbonyl (C=O) groups is 1. The van der Waals surface area contributed by atoms with E-state index in [1.54, 1.807) is 24.3 Å². The maximum atomic E-state index is 11.9. The van der Waals surface area contributed by atoms with Crippen LogP contribution in [0.3, 0.4) is 0 Å². The van der Waals surface area contributed by atoms with E-state index in [0.717, 1.165) is 24.8 Å². The van der Waals surface area contributed by atoms with Crippen LogP contribution >= 0.6 is 0 Å². The van der Waals surface area contributed by atoms with Crippen LogP contribution in [-0.4, -0.2) is 29.3 Å². The molecule has 19 heavy (non-hydrogen) atoms. The highest BCUT2D eigenvalue weighted by molar-refractivity contribution is 5.94. The van der Waals surface area contributed by atoms with E-state index in [4.69, 9.17) is 10.2 Å². The smallest absolute Gasteiger partial charge is 0.251 e. The number of nitrogens with one attached hydrogen (secondary N) is 1. The summed E-state index contributed by atoms with van der Waals surface area (Å²) < 4.78 is 0. The Morgan fingerprint density at radius 2 is 1.89 bits per heavy atom. The summed E-state index contributed by atoms with van der Waals surface area (Å²) >= 11 is 0. The summed E-state index contributed by atoms with van der Waals surface area (Å²) in [6.07, 6.45) is 2.77. The predicted molar refractivity (Wildman–Crippen MR) is 74.8 cm³/mol. The Morgan fingerprint density at radius 3 is 2.42 bits per heavy atom. The number of aliphatic hydroxyl groups is 2. The van der Waals surface area contributed by atoms with Crippen molar-refractivity contribution in [2.75, 3.05) is 13.2 Å². The summed E-state index contributed by atoms with van der Waals surface area (Å²) in [5.41, 5.74) is 1.39. The summed E-state index contributed by atoms with van der Waals surface area (Å²) in [7, 11) is 0. The molecule has 1 aromatic rings. The molecular weight excluding hydrogens is 242 g/mol. The number of amides is 1. The minimum atomic E-state index is -0.108. The Morgan fingerprint density at radius 1 is 1.21 bits per heavy atom. The van der Waals surface area contributed by atoms with E-state index >= 15 is 0 Å². The fourth-order valence-corrected chi connectivity index (χ4v) is 2.04. The van der Waals surface area contributed by atoms with Crippen LogP contribution in [0.25, 0.3) is 0 Å². The summed E-state index contributed by atoms with van der Waals surface area (Å²) in [5.74, 6) is 0.221. The first kappa shape index (κ1) is 15.7. The molecule has 1 aromatic carbocycles. The van der Waals surface area contributed by atoms with Gasteiger partial charge in [-0.25, -0.2) is 0 Å². The van der Waals surface area contributed by atoms with Crippen LogP contribution in [0.4, 0.5) is 0 Å². The molecule has 0 bridgehead atoms. The number of hydrogen-bond acceptors (Lipinski definition) is 3. The lowest BCUT2D eigenvalue weighted by Gasteiger charge is -2.15. The highest BCUT2D eigenvalue weighted by Crippen LogP contribution is 2.10. The minimum Gasteiger partial charge on any atom is -0.396 e. The number of aliphatic hydroxyl groups excluding tert-OH is 2. The minimum absolute atomic E-state index is 0.0169. The van der Waals surface area contributed by atoms with Gasteiger partial charge in [-0.1, -0.05) is 25.5 Å². The van der Waals surface area contributed by atoms with Crippen LogP contribution in [0.15, 0.2) is 24.3 Å². The number of hydrogen-bond donors (Lipinski definition) is 3. The summed E-state index contributed by atoms with van der Waals surface area (Å²) in [4.78, 5) is 11.9. The quantitative estimate of drug-likeness (QED) is 0.670. The fourth-order valence-electron chi connectivity index (χ4n) is 2.04. The van der Waals surface area contributed by atoms with Crippen molar-refractivity contribution < 1.29 is 15.0 Å². The zero-order chi connectivity index (χ0) is 14.1. The first-order valence-corrected chi connectivity index (χ1v) is 6.80. The highest BCUT2D eigenvalue weighted by Gasteiger charge is 2.10. The summed E-state index contributed by atoms with van der Waals surface area (Å²) in [6, 6.07) is 6.90. The van der Waals surface area contributed by atoms with Gasteiger partial charge < -0.3 is 15.5 Å². The third kappa shape index (κ3) is 5.41. The molecule has 3 N–H and O–H groups in total. The van der Waals surface area contributed by atoms with Gasteiger partial charge in [0, 0.05) is 18.7 Å². The monoisotopic (exact) mass is 265 g/mol. The molecule has 106 valence electrons. The van der Waals surface area contributed by atoms with E-state index in [0.29, 0.717) is 18.0 Å². The predicted octanol–water partition coefficient (Wildman–Crippen LogP) is 1.71. The number of carbonyl (C=O) groups excluding carboxylic acids is 1. The number of benzene rings is 1. The van der Waals surface area contributed by atoms with Crippen molar-refractivity contribution in [1.82, 2.24) is 5.32 Å². The molecule has 0 fully saturated rings. The second-order valence-electron chi connectivity index (χ2n) is 4.73. The maximum absolute atomic E-state index is 11.9. The van der Waals surface area contributed by atoms with E-state index in [1.165, 1.54) is 0 Å². The number of rotatable bonds is 8. The van der Waals surface area contributed by atoms with Crippen LogP contribution in [0.5, 0.6) is 0 Å². The van der Waals surface area contributed by atoms with Crippen molar-refractivity contribution in [3.63, 3.8) is 0 Å². The average molecular weight is 265 g/mol. The van der Waals surface area contributed by atoms with Gasteiger partial charge in [0.25, 0.3) is 5.91 Å². The van der Waals surface area contributed by atoms with Gasteiger partial charge in [-0.2, -0.15) is 0 Å². The van der Waals surface area contributed by atoms with Gasteiger partial charge in [0.15, 0.2) is 0 Å². The molecule has 1 rings (SSSR count). The SMILES string of the molecule is CCCC(CCO)CNC(=O)c1ccc(CO)cc1. The molecule has 0 heterocycles. The summed E-state index contributed by atoms with van der Waals surface area (Å²) in [5, 5.41) is 20.8. The zero-order valence-electron chi connectivity index (χ0n) is 11.4. The Labute approximate surface area is 114 Å². The molecule has 0 aromatic heterocycles. The average Bonchev–Trinajstić information content (AvgIpc) is 2.45. The van der Waals surface area contributed by atoms with Gasteiger partial charge in [-0.3, -0.25) is 4.79 Å². The highest BCUT2D eigenvalue weighted by atomic mass is 16.3. The first-order chi connectivity index (χ1) is 9.21. The maximum Gasteiger partial charge on any atom is 0.251 e. The van der Waals surface area contributed by atoms with E-state index < -0.39 is 0 Å². The molecule has 0 spiro atoms. The first-order valence-electron chi connectivity index (χ1n) is 6.80. The van der Waals surface area contributed by atoms with E-state index in [9.17, 15) is 4.79 Å². The van der Waals surface area contributed by atoms with Crippen molar-refractivity contribution in [3.8, 4) is 0 Å². The Kier molecular flexibility index (Phi) is 7.15. The normalized spacial score (nSPS) is 12.2. The third-order valence-corrected chi connectivity index (χ3v) is 3.18. The molecule has 0 aliphatic heterocycles. The van der Waals surface area contributed by atoms with Gasteiger partial charge in [-0.05, 0) is 36.5 Å². The van der Waals surface area contributed by atoms with Gasteiger partial charge in [0.1, 0.15) is 0 Å². The van der Waals surface area contributed by atoms with Gasteiger partial charge in [0.05, 0.1) is 6.61 Å². The Balaban J connectivity index is 2.48. The van der Waals surface area contributed by atoms with Crippen molar-refractivity contribution in [1.29, 1.82) is 0 Å². The van der Waals surface area contributed by atoms with Gasteiger partial charge >= 0.3 is 0 Å². The molecule has 0 radical (unpaired) electrons. The van der Waals surface area contributed by atoms with Gasteiger partial charge in [-0.15, -0.1) is 0 Å². The largest absolute Gasteiger partial charge is 0.396 e. The molecule has 0 saturated carbocycles. The summed E-state index contributed by atoms with van der Waals surface area (Å²) in [6.45, 7) is 2.83. The van der Waals surface area contributed by atoms with E-state index in [2.05, 4.69) is 12.2 Å². The molecule has 1 amide bonds. The van der Waals surface area contributed by atoms with Crippen LogP contribution in [-0.2, 0) is 6.61 Å². The standard InChI is InChI=1S/C15H23NO3/c1-2-3-12(8-9-17)10-16-15(19)14-6-4-13(11-18)5-7-14/h4-7,12,17-18H,2-3,8-11H2,1H3,(H,16,19). The lowest BCUT2D eigenvalue weighted by atomic mass is 10.00. The van der Waals surface area contributed by atoms with Gasteiger partial charge in [0.2, 0.25) is 0 Å².